The van der Waals surface area contributed by atoms with E-state index in [9.17, 15) is 4.79 Å². The van der Waals surface area contributed by atoms with Crippen molar-refractivity contribution in [1.82, 2.24) is 15.1 Å². The number of carbonyl (C=O) groups is 1. The van der Waals surface area contributed by atoms with Crippen LogP contribution in [0.15, 0.2) is 60.7 Å². The molecule has 8 nitrogen and oxygen atoms in total. The van der Waals surface area contributed by atoms with Crippen LogP contribution in [0.1, 0.15) is 39.0 Å². The number of urea groups is 1. The van der Waals surface area contributed by atoms with Gasteiger partial charge in [-0.1, -0.05) is 57.2 Å². The Morgan fingerprint density at radius 3 is 2.63 bits per heavy atom. The van der Waals surface area contributed by atoms with E-state index < -0.39 is 0 Å². The lowest BCUT2D eigenvalue weighted by Crippen LogP contribution is -2.44. The Morgan fingerprint density at radius 1 is 1.14 bits per heavy atom. The van der Waals surface area contributed by atoms with Crippen molar-refractivity contribution >= 4 is 17.5 Å². The fraction of sp³-hybridized carbons (Fsp3) is 0.407. The summed E-state index contributed by atoms with van der Waals surface area (Å²) in [7, 11) is 0. The molecule has 0 saturated carbocycles. The highest BCUT2D eigenvalue weighted by molar-refractivity contribution is 5.88. The number of carbonyl (C=O) groups excluding carboxylic acids is 1. The van der Waals surface area contributed by atoms with Gasteiger partial charge in [-0.2, -0.15) is 5.10 Å². The Labute approximate surface area is 207 Å². The molecule has 35 heavy (non-hydrogen) atoms. The van der Waals surface area contributed by atoms with E-state index in [2.05, 4.69) is 42.4 Å². The maximum Gasteiger partial charge on any atom is 0.320 e. The quantitative estimate of drug-likeness (QED) is 0.516. The number of nitrogens with one attached hydrogen (secondary N) is 2. The molecule has 2 heterocycles. The number of para-hydroxylation sites is 2. The predicted octanol–water partition coefficient (Wildman–Crippen LogP) is 4.69. The summed E-state index contributed by atoms with van der Waals surface area (Å²) < 4.78 is 13.1. The predicted molar refractivity (Wildman–Crippen MR) is 138 cm³/mol. The second-order valence-corrected chi connectivity index (χ2v) is 9.55. The van der Waals surface area contributed by atoms with Crippen LogP contribution in [0.5, 0.6) is 0 Å². The maximum atomic E-state index is 12.9. The van der Waals surface area contributed by atoms with Crippen molar-refractivity contribution < 1.29 is 14.3 Å². The van der Waals surface area contributed by atoms with Crippen molar-refractivity contribution in [3.63, 3.8) is 0 Å². The van der Waals surface area contributed by atoms with E-state index in [1.165, 1.54) is 0 Å². The number of amides is 2. The minimum absolute atomic E-state index is 0.149. The molecule has 0 spiro atoms. The van der Waals surface area contributed by atoms with Gasteiger partial charge in [0.15, 0.2) is 6.29 Å². The molecule has 2 amide bonds. The normalized spacial score (nSPS) is 16.2. The molecule has 2 N–H and O–H groups in total. The van der Waals surface area contributed by atoms with Gasteiger partial charge >= 0.3 is 6.03 Å². The first-order chi connectivity index (χ1) is 16.8. The molecular weight excluding hydrogens is 442 g/mol. The van der Waals surface area contributed by atoms with Crippen molar-refractivity contribution in [2.45, 2.75) is 45.9 Å². The molecule has 1 aliphatic rings. The van der Waals surface area contributed by atoms with E-state index in [-0.39, 0.29) is 17.7 Å². The Hall–Kier alpha value is -3.36. The van der Waals surface area contributed by atoms with Crippen molar-refractivity contribution in [1.29, 1.82) is 0 Å². The summed E-state index contributed by atoms with van der Waals surface area (Å²) in [5.74, 6) is 0.625. The van der Waals surface area contributed by atoms with Gasteiger partial charge in [-0.05, 0) is 30.7 Å². The van der Waals surface area contributed by atoms with Crippen molar-refractivity contribution in [3.05, 3.63) is 71.9 Å². The second kappa shape index (κ2) is 10.9. The summed E-state index contributed by atoms with van der Waals surface area (Å²) in [6.45, 7) is 11.3. The third-order valence-electron chi connectivity index (χ3n) is 5.88. The van der Waals surface area contributed by atoms with Crippen LogP contribution in [0.2, 0.25) is 0 Å². The molecule has 8 heteroatoms. The molecule has 0 aliphatic carbocycles. The molecule has 2 aromatic carbocycles. The molecule has 1 saturated heterocycles. The van der Waals surface area contributed by atoms with Gasteiger partial charge in [0.25, 0.3) is 0 Å². The van der Waals surface area contributed by atoms with Gasteiger partial charge in [-0.15, -0.1) is 0 Å². The number of nitrogens with zero attached hydrogens (tertiary/aromatic N) is 3. The van der Waals surface area contributed by atoms with Crippen molar-refractivity contribution in [2.75, 3.05) is 36.5 Å². The van der Waals surface area contributed by atoms with Crippen LogP contribution in [0, 0.1) is 0 Å². The lowest BCUT2D eigenvalue weighted by molar-refractivity contribution is -0.143. The fourth-order valence-corrected chi connectivity index (χ4v) is 4.03. The van der Waals surface area contributed by atoms with Crippen LogP contribution in [0.4, 0.5) is 16.3 Å². The van der Waals surface area contributed by atoms with Gasteiger partial charge in [0.05, 0.1) is 24.5 Å². The smallest absolute Gasteiger partial charge is 0.320 e. The minimum Gasteiger partial charge on any atom is -0.364 e. The van der Waals surface area contributed by atoms with E-state index in [0.29, 0.717) is 32.1 Å². The molecular formula is C27H35N5O3. The third kappa shape index (κ3) is 6.21. The van der Waals surface area contributed by atoms with Gasteiger partial charge in [0.2, 0.25) is 0 Å². The van der Waals surface area contributed by atoms with Gasteiger partial charge in [-0.25, -0.2) is 9.48 Å². The maximum absolute atomic E-state index is 12.9. The second-order valence-electron chi connectivity index (χ2n) is 9.55. The topological polar surface area (TPSA) is 80.7 Å². The SMILES string of the molecule is CCOC1CN(c2ccccc2CNC(=O)Nc2cc(C(C)(C)C)nn2-c2ccccc2)CCO1. The minimum atomic E-state index is -0.286. The molecule has 186 valence electrons. The van der Waals surface area contributed by atoms with Gasteiger partial charge < -0.3 is 19.7 Å². The van der Waals surface area contributed by atoms with E-state index in [1.54, 1.807) is 4.68 Å². The molecule has 1 fully saturated rings. The van der Waals surface area contributed by atoms with Crippen LogP contribution in [0.3, 0.4) is 0 Å². The number of rotatable bonds is 7. The highest BCUT2D eigenvalue weighted by atomic mass is 16.7. The summed E-state index contributed by atoms with van der Waals surface area (Å²) in [5, 5.41) is 10.8. The van der Waals surface area contributed by atoms with Crippen LogP contribution in [-0.4, -0.2) is 48.4 Å². The summed E-state index contributed by atoms with van der Waals surface area (Å²) in [4.78, 5) is 15.2. The average molecular weight is 478 g/mol. The molecule has 0 radical (unpaired) electrons. The summed E-state index contributed by atoms with van der Waals surface area (Å²) >= 11 is 0. The lowest BCUT2D eigenvalue weighted by atomic mass is 9.92. The lowest BCUT2D eigenvalue weighted by Gasteiger charge is -2.35. The summed E-state index contributed by atoms with van der Waals surface area (Å²) in [5.41, 5.74) is 3.75. The van der Waals surface area contributed by atoms with Crippen LogP contribution in [-0.2, 0) is 21.4 Å². The third-order valence-corrected chi connectivity index (χ3v) is 5.88. The van der Waals surface area contributed by atoms with Gasteiger partial charge in [0, 0.05) is 36.9 Å². The Balaban J connectivity index is 1.47. The van der Waals surface area contributed by atoms with E-state index in [0.717, 1.165) is 29.2 Å². The number of aromatic nitrogens is 2. The van der Waals surface area contributed by atoms with Gasteiger partial charge in [-0.3, -0.25) is 5.32 Å². The first-order valence-electron chi connectivity index (χ1n) is 12.1. The molecule has 1 aromatic heterocycles. The number of ether oxygens (including phenoxy) is 2. The number of anilines is 2. The van der Waals surface area contributed by atoms with E-state index >= 15 is 0 Å². The average Bonchev–Trinajstić information content (AvgIpc) is 3.28. The number of benzene rings is 2. The van der Waals surface area contributed by atoms with Crippen LogP contribution >= 0.6 is 0 Å². The molecule has 0 bridgehead atoms. The summed E-state index contributed by atoms with van der Waals surface area (Å²) in [6, 6.07) is 19.6. The fourth-order valence-electron chi connectivity index (χ4n) is 4.03. The van der Waals surface area contributed by atoms with E-state index in [4.69, 9.17) is 14.6 Å². The molecule has 3 aromatic rings. The van der Waals surface area contributed by atoms with Crippen LogP contribution < -0.4 is 15.5 Å². The molecule has 4 rings (SSSR count). The Kier molecular flexibility index (Phi) is 7.73. The first kappa shape index (κ1) is 24.8. The zero-order valence-electron chi connectivity index (χ0n) is 21.0. The van der Waals surface area contributed by atoms with Crippen molar-refractivity contribution in [2.24, 2.45) is 0 Å². The Morgan fingerprint density at radius 2 is 1.89 bits per heavy atom. The van der Waals surface area contributed by atoms with Crippen LogP contribution in [0.25, 0.3) is 5.69 Å². The molecule has 1 unspecified atom stereocenters. The van der Waals surface area contributed by atoms with E-state index in [1.807, 2.05) is 61.5 Å². The Bertz CT molecular complexity index is 1120. The zero-order valence-corrected chi connectivity index (χ0v) is 21.0. The highest BCUT2D eigenvalue weighted by Gasteiger charge is 2.23. The molecule has 1 aliphatic heterocycles. The number of morpholine rings is 1. The number of hydrogen-bond acceptors (Lipinski definition) is 5. The summed E-state index contributed by atoms with van der Waals surface area (Å²) in [6.07, 6.45) is -0.242. The highest BCUT2D eigenvalue weighted by Crippen LogP contribution is 2.27. The van der Waals surface area contributed by atoms with Gasteiger partial charge in [0.1, 0.15) is 5.82 Å². The zero-order chi connectivity index (χ0) is 24.8. The molecule has 1 atom stereocenters. The monoisotopic (exact) mass is 477 g/mol. The number of hydrogen-bond donors (Lipinski definition) is 2. The van der Waals surface area contributed by atoms with Crippen molar-refractivity contribution in [3.8, 4) is 5.69 Å². The first-order valence-corrected chi connectivity index (χ1v) is 12.1. The standard InChI is InChI=1S/C27H35N5O3/c1-5-34-25-19-31(15-16-35-25)22-14-10-9-11-20(22)18-28-26(33)29-24-17-23(27(2,3)4)30-32(24)21-12-7-6-8-13-21/h6-14,17,25H,5,15-16,18-19H2,1-4H3,(H2,28,29,33). The largest absolute Gasteiger partial charge is 0.364 e.